The van der Waals surface area contributed by atoms with Crippen LogP contribution in [0.5, 0.6) is 0 Å². The molecule has 0 saturated carbocycles. The van der Waals surface area contributed by atoms with Crippen LogP contribution in [0.1, 0.15) is 18.5 Å². The van der Waals surface area contributed by atoms with Gasteiger partial charge in [-0.25, -0.2) is 9.35 Å². The molecule has 0 amide bonds. The topological polar surface area (TPSA) is 88.7 Å². The van der Waals surface area contributed by atoms with Crippen molar-refractivity contribution < 1.29 is 9.13 Å². The summed E-state index contributed by atoms with van der Waals surface area (Å²) < 4.78 is 15.8. The predicted molar refractivity (Wildman–Crippen MR) is 87.9 cm³/mol. The summed E-state index contributed by atoms with van der Waals surface area (Å²) in [5.41, 5.74) is 0.495. The average molecular weight is 326 g/mol. The molecule has 1 aliphatic rings. The lowest BCUT2D eigenvalue weighted by atomic mass is 9.97. The Morgan fingerprint density at radius 1 is 1.41 bits per heavy atom. The zero-order chi connectivity index (χ0) is 16.3. The number of hydrogen-bond donors (Lipinski definition) is 0. The van der Waals surface area contributed by atoms with Gasteiger partial charge in [0.15, 0.2) is 0 Å². The van der Waals surface area contributed by atoms with E-state index in [9.17, 15) is 14.3 Å². The molecule has 0 aliphatic carbocycles. The van der Waals surface area contributed by atoms with Crippen LogP contribution < -0.4 is 4.90 Å². The van der Waals surface area contributed by atoms with Gasteiger partial charge in [0.25, 0.3) is 5.69 Å². The third-order valence-corrected chi connectivity index (χ3v) is 4.59. The Hall–Kier alpha value is -1.70. The van der Waals surface area contributed by atoms with E-state index in [2.05, 4.69) is 14.2 Å². The van der Waals surface area contributed by atoms with Crippen LogP contribution in [0.15, 0.2) is 16.5 Å². The van der Waals surface area contributed by atoms with E-state index in [1.54, 1.807) is 25.5 Å². The quantitative estimate of drug-likeness (QED) is 0.625. The van der Waals surface area contributed by atoms with E-state index in [0.29, 0.717) is 18.2 Å². The van der Waals surface area contributed by atoms with E-state index < -0.39 is 14.7 Å². The Kier molecular flexibility index (Phi) is 5.00. The van der Waals surface area contributed by atoms with Gasteiger partial charge in [-0.05, 0) is 31.7 Å². The summed E-state index contributed by atoms with van der Waals surface area (Å²) in [7, 11) is -2.02. The second-order valence-corrected chi connectivity index (χ2v) is 8.58. The number of pyridine rings is 1. The van der Waals surface area contributed by atoms with Crippen molar-refractivity contribution in [3.05, 3.63) is 27.9 Å². The van der Waals surface area contributed by atoms with E-state index >= 15 is 0 Å². The minimum Gasteiger partial charge on any atom is -0.357 e. The van der Waals surface area contributed by atoms with Crippen molar-refractivity contribution in [2.45, 2.75) is 19.8 Å². The Balaban J connectivity index is 1.99. The van der Waals surface area contributed by atoms with Crippen LogP contribution >= 0.6 is 0 Å². The van der Waals surface area contributed by atoms with Gasteiger partial charge in [-0.2, -0.15) is 0 Å². The standard InChI is InChI=1S/C14H22N4O3S/c1-11-13(18(19)20)4-5-14(16-11)17-8-6-12(7-9-17)10-15-22(2,3)21/h4-5,12H,6-10H2,1-3H3. The minimum absolute atomic E-state index is 0.0538. The fourth-order valence-corrected chi connectivity index (χ4v) is 3.11. The number of nitro groups is 1. The van der Waals surface area contributed by atoms with Crippen LogP contribution in [0.3, 0.4) is 0 Å². The van der Waals surface area contributed by atoms with Gasteiger partial charge in [0, 0.05) is 41.4 Å². The molecule has 22 heavy (non-hydrogen) atoms. The zero-order valence-electron chi connectivity index (χ0n) is 13.2. The van der Waals surface area contributed by atoms with Gasteiger partial charge < -0.3 is 4.90 Å². The lowest BCUT2D eigenvalue weighted by Crippen LogP contribution is -2.35. The molecule has 1 aliphatic heterocycles. The number of piperidine rings is 1. The molecule has 0 atom stereocenters. The Bertz CT molecular complexity index is 667. The van der Waals surface area contributed by atoms with Crippen LogP contribution in [0.4, 0.5) is 11.5 Å². The highest BCUT2D eigenvalue weighted by Crippen LogP contribution is 2.25. The molecule has 0 unspecified atom stereocenters. The van der Waals surface area contributed by atoms with Gasteiger partial charge in [0.2, 0.25) is 0 Å². The normalized spacial score (nSPS) is 16.6. The van der Waals surface area contributed by atoms with Crippen molar-refractivity contribution in [2.75, 3.05) is 37.0 Å². The highest BCUT2D eigenvalue weighted by molar-refractivity contribution is 7.92. The maximum atomic E-state index is 11.6. The van der Waals surface area contributed by atoms with Gasteiger partial charge in [0.1, 0.15) is 11.5 Å². The predicted octanol–water partition coefficient (Wildman–Crippen LogP) is 2.24. The highest BCUT2D eigenvalue weighted by atomic mass is 32.2. The van der Waals surface area contributed by atoms with Crippen molar-refractivity contribution in [2.24, 2.45) is 10.3 Å². The van der Waals surface area contributed by atoms with Crippen LogP contribution in [-0.2, 0) is 9.73 Å². The van der Waals surface area contributed by atoms with Crippen LogP contribution in [-0.4, -0.2) is 46.3 Å². The third-order valence-electron chi connectivity index (χ3n) is 3.82. The number of rotatable bonds is 4. The summed E-state index contributed by atoms with van der Waals surface area (Å²) in [4.78, 5) is 16.9. The van der Waals surface area contributed by atoms with E-state index in [4.69, 9.17) is 0 Å². The van der Waals surface area contributed by atoms with Crippen molar-refractivity contribution >= 4 is 21.2 Å². The summed E-state index contributed by atoms with van der Waals surface area (Å²) in [5, 5.41) is 10.8. The SMILES string of the molecule is Cc1nc(N2CCC(CN=S(C)(C)=O)CC2)ccc1[N+](=O)[O-]. The van der Waals surface area contributed by atoms with E-state index in [1.165, 1.54) is 6.07 Å². The number of anilines is 1. The van der Waals surface area contributed by atoms with Crippen molar-refractivity contribution in [1.29, 1.82) is 0 Å². The molecule has 2 heterocycles. The molecule has 1 fully saturated rings. The van der Waals surface area contributed by atoms with E-state index in [1.807, 2.05) is 0 Å². The van der Waals surface area contributed by atoms with Crippen molar-refractivity contribution in [1.82, 2.24) is 4.98 Å². The summed E-state index contributed by atoms with van der Waals surface area (Å²) in [6.45, 7) is 4.00. The van der Waals surface area contributed by atoms with E-state index in [-0.39, 0.29) is 5.69 Å². The summed E-state index contributed by atoms with van der Waals surface area (Å²) in [6.07, 6.45) is 5.25. The monoisotopic (exact) mass is 326 g/mol. The zero-order valence-corrected chi connectivity index (χ0v) is 14.0. The molecule has 0 N–H and O–H groups in total. The Labute approximate surface area is 131 Å². The molecule has 8 heteroatoms. The number of aromatic nitrogens is 1. The molecule has 0 bridgehead atoms. The molecule has 0 spiro atoms. The summed E-state index contributed by atoms with van der Waals surface area (Å²) in [6, 6.07) is 3.23. The second kappa shape index (κ2) is 6.60. The molecule has 2 rings (SSSR count). The fourth-order valence-electron chi connectivity index (χ4n) is 2.54. The summed E-state index contributed by atoms with van der Waals surface area (Å²) >= 11 is 0. The first-order valence-electron chi connectivity index (χ1n) is 7.26. The molecule has 0 aromatic carbocycles. The molecule has 1 aromatic rings. The third kappa shape index (κ3) is 4.40. The maximum Gasteiger partial charge on any atom is 0.290 e. The summed E-state index contributed by atoms with van der Waals surface area (Å²) in [5.74, 6) is 1.24. The fraction of sp³-hybridized carbons (Fsp3) is 0.643. The van der Waals surface area contributed by atoms with Gasteiger partial charge in [-0.15, -0.1) is 0 Å². The largest absolute Gasteiger partial charge is 0.357 e. The molecular formula is C14H22N4O3S. The molecular weight excluding hydrogens is 304 g/mol. The van der Waals surface area contributed by atoms with Gasteiger partial charge in [-0.3, -0.25) is 14.3 Å². The second-order valence-electron chi connectivity index (χ2n) is 5.95. The number of hydrogen-bond acceptors (Lipinski definition) is 6. The lowest BCUT2D eigenvalue weighted by molar-refractivity contribution is -0.385. The minimum atomic E-state index is -2.02. The first-order chi connectivity index (χ1) is 10.3. The van der Waals surface area contributed by atoms with E-state index in [0.717, 1.165) is 31.7 Å². The number of nitrogens with zero attached hydrogens (tertiary/aromatic N) is 4. The van der Waals surface area contributed by atoms with Crippen molar-refractivity contribution in [3.8, 4) is 0 Å². The first kappa shape index (κ1) is 16.7. The van der Waals surface area contributed by atoms with Gasteiger partial charge in [0.05, 0.1) is 11.5 Å². The highest BCUT2D eigenvalue weighted by Gasteiger charge is 2.21. The average Bonchev–Trinajstić information content (AvgIpc) is 2.44. The Morgan fingerprint density at radius 2 is 2.05 bits per heavy atom. The van der Waals surface area contributed by atoms with Gasteiger partial charge in [-0.1, -0.05) is 0 Å². The molecule has 7 nitrogen and oxygen atoms in total. The van der Waals surface area contributed by atoms with Crippen LogP contribution in [0.2, 0.25) is 0 Å². The van der Waals surface area contributed by atoms with Crippen LogP contribution in [0, 0.1) is 23.0 Å². The van der Waals surface area contributed by atoms with Crippen molar-refractivity contribution in [3.63, 3.8) is 0 Å². The Morgan fingerprint density at radius 3 is 2.55 bits per heavy atom. The molecule has 0 radical (unpaired) electrons. The molecule has 122 valence electrons. The molecule has 1 saturated heterocycles. The lowest BCUT2D eigenvalue weighted by Gasteiger charge is -2.32. The van der Waals surface area contributed by atoms with Gasteiger partial charge >= 0.3 is 0 Å². The molecule has 1 aromatic heterocycles. The maximum absolute atomic E-state index is 11.6. The number of aryl methyl sites for hydroxylation is 1. The first-order valence-corrected chi connectivity index (χ1v) is 9.59. The smallest absolute Gasteiger partial charge is 0.290 e. The van der Waals surface area contributed by atoms with Crippen LogP contribution in [0.25, 0.3) is 0 Å².